The van der Waals surface area contributed by atoms with Gasteiger partial charge in [0.2, 0.25) is 10.0 Å². The highest BCUT2D eigenvalue weighted by atomic mass is 32.2. The highest BCUT2D eigenvalue weighted by molar-refractivity contribution is 7.89. The summed E-state index contributed by atoms with van der Waals surface area (Å²) < 4.78 is 29.3. The third kappa shape index (κ3) is 5.44. The number of carbonyl (C=O) groups excluding carboxylic acids is 1. The fraction of sp³-hybridized carbons (Fsp3) is 0.241. The van der Waals surface area contributed by atoms with Crippen molar-refractivity contribution >= 4 is 27.4 Å². The number of carbonyl (C=O) groups is 1. The monoisotopic (exact) mass is 545 g/mol. The summed E-state index contributed by atoms with van der Waals surface area (Å²) in [4.78, 5) is 13.2. The molecule has 1 aliphatic heterocycles. The number of fused-ring (bicyclic) bond motifs is 1. The minimum atomic E-state index is -3.97. The van der Waals surface area contributed by atoms with Gasteiger partial charge in [-0.1, -0.05) is 49.4 Å². The number of anilines is 2. The number of benzene rings is 3. The SMILES string of the molecule is CCc1ccc(S(=O)(=O)N[C@@H]2c3cc(C(=O)Nc4cc(-c5ccccc5)[nH]n4)ccc3NC(C)(C)[C@H]2O)cc1. The lowest BCUT2D eigenvalue weighted by atomic mass is 9.82. The van der Waals surface area contributed by atoms with E-state index in [1.54, 1.807) is 62.4 Å². The van der Waals surface area contributed by atoms with Crippen LogP contribution in [0.15, 0.2) is 83.8 Å². The molecule has 5 rings (SSSR count). The molecule has 2 heterocycles. The third-order valence-corrected chi connectivity index (χ3v) is 8.45. The molecule has 0 radical (unpaired) electrons. The predicted octanol–water partition coefficient (Wildman–Crippen LogP) is 4.48. The molecule has 202 valence electrons. The minimum Gasteiger partial charge on any atom is -0.389 e. The summed E-state index contributed by atoms with van der Waals surface area (Å²) in [6.45, 7) is 5.58. The number of aromatic nitrogens is 2. The number of rotatable bonds is 7. The number of amides is 1. The summed E-state index contributed by atoms with van der Waals surface area (Å²) in [6.07, 6.45) is -0.327. The van der Waals surface area contributed by atoms with E-state index in [1.165, 1.54) is 0 Å². The predicted molar refractivity (Wildman–Crippen MR) is 151 cm³/mol. The van der Waals surface area contributed by atoms with Crippen molar-refractivity contribution in [3.05, 3.63) is 95.6 Å². The maximum absolute atomic E-state index is 13.3. The van der Waals surface area contributed by atoms with E-state index in [0.29, 0.717) is 22.6 Å². The zero-order chi connectivity index (χ0) is 27.8. The van der Waals surface area contributed by atoms with Crippen LogP contribution in [0, 0.1) is 0 Å². The number of aliphatic hydroxyl groups excluding tert-OH is 1. The first-order chi connectivity index (χ1) is 18.6. The van der Waals surface area contributed by atoms with Crippen LogP contribution in [0.3, 0.4) is 0 Å². The molecule has 39 heavy (non-hydrogen) atoms. The van der Waals surface area contributed by atoms with Crippen LogP contribution < -0.4 is 15.4 Å². The molecule has 10 heteroatoms. The van der Waals surface area contributed by atoms with Gasteiger partial charge in [0.05, 0.1) is 28.3 Å². The van der Waals surface area contributed by atoms with E-state index < -0.39 is 33.6 Å². The lowest BCUT2D eigenvalue weighted by Crippen LogP contribution is -2.54. The van der Waals surface area contributed by atoms with Gasteiger partial charge in [-0.15, -0.1) is 0 Å². The zero-order valence-electron chi connectivity index (χ0n) is 21.9. The first kappa shape index (κ1) is 26.6. The lowest BCUT2D eigenvalue weighted by Gasteiger charge is -2.43. The van der Waals surface area contributed by atoms with Crippen molar-refractivity contribution in [2.24, 2.45) is 0 Å². The van der Waals surface area contributed by atoms with E-state index in [2.05, 4.69) is 25.6 Å². The van der Waals surface area contributed by atoms with Gasteiger partial charge in [-0.3, -0.25) is 9.89 Å². The van der Waals surface area contributed by atoms with E-state index in [9.17, 15) is 18.3 Å². The Bertz CT molecular complexity index is 1600. The number of H-pyrrole nitrogens is 1. The molecule has 0 unspecified atom stereocenters. The van der Waals surface area contributed by atoms with Crippen LogP contribution in [0.2, 0.25) is 0 Å². The number of hydrogen-bond acceptors (Lipinski definition) is 6. The summed E-state index contributed by atoms with van der Waals surface area (Å²) in [6, 6.07) is 22.0. The fourth-order valence-corrected chi connectivity index (χ4v) is 5.91. The number of sulfonamides is 1. The van der Waals surface area contributed by atoms with E-state index in [0.717, 1.165) is 23.2 Å². The van der Waals surface area contributed by atoms with Crippen LogP contribution in [-0.2, 0) is 16.4 Å². The van der Waals surface area contributed by atoms with Crippen LogP contribution in [0.25, 0.3) is 11.3 Å². The molecule has 1 aromatic heterocycles. The Morgan fingerprint density at radius 2 is 1.74 bits per heavy atom. The van der Waals surface area contributed by atoms with Crippen LogP contribution in [-0.4, -0.2) is 41.3 Å². The number of nitrogens with one attached hydrogen (secondary N) is 4. The number of aryl methyl sites for hydroxylation is 1. The van der Waals surface area contributed by atoms with Crippen molar-refractivity contribution in [2.45, 2.75) is 49.8 Å². The van der Waals surface area contributed by atoms with Crippen LogP contribution in [0.1, 0.15) is 48.3 Å². The minimum absolute atomic E-state index is 0.103. The molecule has 3 aromatic carbocycles. The normalized spacial score (nSPS) is 18.2. The second-order valence-electron chi connectivity index (χ2n) is 10.2. The molecular weight excluding hydrogens is 514 g/mol. The smallest absolute Gasteiger partial charge is 0.256 e. The number of aromatic amines is 1. The molecule has 2 atom stereocenters. The highest BCUT2D eigenvalue weighted by Crippen LogP contribution is 2.39. The molecule has 9 nitrogen and oxygen atoms in total. The molecule has 0 bridgehead atoms. The molecule has 0 aliphatic carbocycles. The largest absolute Gasteiger partial charge is 0.389 e. The average Bonchev–Trinajstić information content (AvgIpc) is 3.40. The van der Waals surface area contributed by atoms with Gasteiger partial charge >= 0.3 is 0 Å². The van der Waals surface area contributed by atoms with Gasteiger partial charge < -0.3 is 15.7 Å². The van der Waals surface area contributed by atoms with Gasteiger partial charge in [-0.05, 0) is 67.3 Å². The molecule has 4 aromatic rings. The Labute approximate surface area is 227 Å². The quantitative estimate of drug-likeness (QED) is 0.232. The van der Waals surface area contributed by atoms with Gasteiger partial charge in [-0.25, -0.2) is 13.1 Å². The van der Waals surface area contributed by atoms with Gasteiger partial charge in [-0.2, -0.15) is 5.10 Å². The maximum atomic E-state index is 13.3. The summed E-state index contributed by atoms with van der Waals surface area (Å²) in [5, 5.41) is 24.3. The molecular formula is C29H31N5O4S. The van der Waals surface area contributed by atoms with Crippen LogP contribution >= 0.6 is 0 Å². The molecule has 0 saturated carbocycles. The molecule has 0 saturated heterocycles. The standard InChI is InChI=1S/C29H31N5O4S/c1-4-18-10-13-21(14-11-18)39(37,38)34-26-22-16-20(12-15-23(22)31-29(2,3)27(26)35)28(36)30-25-17-24(32-33-25)19-8-6-5-7-9-19/h5-17,26-27,31,34-35H,4H2,1-3H3,(H2,30,32,33,36)/t26-,27+/m1/s1. The van der Waals surface area contributed by atoms with Crippen LogP contribution in [0.5, 0.6) is 0 Å². The maximum Gasteiger partial charge on any atom is 0.256 e. The van der Waals surface area contributed by atoms with E-state index in [1.807, 2.05) is 37.3 Å². The number of hydrogen-bond donors (Lipinski definition) is 5. The summed E-state index contributed by atoms with van der Waals surface area (Å²) >= 11 is 0. The first-order valence-electron chi connectivity index (χ1n) is 12.7. The van der Waals surface area contributed by atoms with E-state index in [4.69, 9.17) is 0 Å². The third-order valence-electron chi connectivity index (χ3n) is 6.99. The average molecular weight is 546 g/mol. The zero-order valence-corrected chi connectivity index (χ0v) is 22.7. The summed E-state index contributed by atoms with van der Waals surface area (Å²) in [5.74, 6) is -0.0661. The first-order valence-corrected chi connectivity index (χ1v) is 14.2. The summed E-state index contributed by atoms with van der Waals surface area (Å²) in [5.41, 5.74) is 3.26. The second kappa shape index (κ2) is 10.3. The van der Waals surface area contributed by atoms with E-state index in [-0.39, 0.29) is 4.90 Å². The number of aliphatic hydroxyl groups is 1. The molecule has 0 spiro atoms. The Morgan fingerprint density at radius 3 is 2.44 bits per heavy atom. The molecule has 1 amide bonds. The lowest BCUT2D eigenvalue weighted by molar-refractivity contribution is 0.0770. The van der Waals surface area contributed by atoms with Crippen molar-refractivity contribution in [3.8, 4) is 11.3 Å². The van der Waals surface area contributed by atoms with Crippen molar-refractivity contribution in [3.63, 3.8) is 0 Å². The van der Waals surface area contributed by atoms with Crippen molar-refractivity contribution in [1.29, 1.82) is 0 Å². The second-order valence-corrected chi connectivity index (χ2v) is 11.9. The van der Waals surface area contributed by atoms with Crippen molar-refractivity contribution in [2.75, 3.05) is 10.6 Å². The molecule has 1 aliphatic rings. The Balaban J connectivity index is 1.42. The van der Waals surface area contributed by atoms with Crippen LogP contribution in [0.4, 0.5) is 11.5 Å². The Hall–Kier alpha value is -3.99. The topological polar surface area (TPSA) is 136 Å². The molecule has 5 N–H and O–H groups in total. The Morgan fingerprint density at radius 1 is 1.03 bits per heavy atom. The highest BCUT2D eigenvalue weighted by Gasteiger charge is 2.43. The van der Waals surface area contributed by atoms with Crippen molar-refractivity contribution in [1.82, 2.24) is 14.9 Å². The summed E-state index contributed by atoms with van der Waals surface area (Å²) in [7, 11) is -3.97. The van der Waals surface area contributed by atoms with E-state index >= 15 is 0 Å². The molecule has 0 fully saturated rings. The van der Waals surface area contributed by atoms with Gasteiger partial charge in [0.1, 0.15) is 0 Å². The van der Waals surface area contributed by atoms with Gasteiger partial charge in [0.25, 0.3) is 5.91 Å². The number of nitrogens with zero attached hydrogens (tertiary/aromatic N) is 1. The van der Waals surface area contributed by atoms with Crippen molar-refractivity contribution < 1.29 is 18.3 Å². The fourth-order valence-electron chi connectivity index (χ4n) is 4.69. The van der Waals surface area contributed by atoms with Gasteiger partial charge in [0.15, 0.2) is 5.82 Å². The Kier molecular flexibility index (Phi) is 7.02. The van der Waals surface area contributed by atoms with Gasteiger partial charge in [0, 0.05) is 17.3 Å².